The Hall–Kier alpha value is -1.98. The van der Waals surface area contributed by atoms with Gasteiger partial charge in [-0.2, -0.15) is 0 Å². The van der Waals surface area contributed by atoms with Crippen LogP contribution < -0.4 is 0 Å². The van der Waals surface area contributed by atoms with Gasteiger partial charge < -0.3 is 9.47 Å². The molecule has 6 nitrogen and oxygen atoms in total. The number of carbonyl (C=O) groups excluding carboxylic acids is 4. The number of carbonyl (C=O) groups is 4. The maximum Gasteiger partial charge on any atom is 0.317 e. The SMILES string of the molecule is O=C1CCCCC(=O)O1.O=C1OC(=O)C2CC=CCC12. The van der Waals surface area contributed by atoms with Crippen LogP contribution >= 0.6 is 0 Å². The Morgan fingerprint density at radius 2 is 1.20 bits per heavy atom. The summed E-state index contributed by atoms with van der Waals surface area (Å²) in [6, 6.07) is 0. The molecule has 0 aromatic heterocycles. The molecule has 0 aromatic carbocycles. The third kappa shape index (κ3) is 3.53. The van der Waals surface area contributed by atoms with Crippen LogP contribution in [0, 0.1) is 11.8 Å². The fourth-order valence-corrected chi connectivity index (χ4v) is 2.35. The first-order valence-electron chi connectivity index (χ1n) is 6.72. The number of cyclic esters (lactones) is 4. The van der Waals surface area contributed by atoms with E-state index in [1.54, 1.807) is 0 Å². The van der Waals surface area contributed by atoms with Gasteiger partial charge in [0.25, 0.3) is 0 Å². The van der Waals surface area contributed by atoms with E-state index in [2.05, 4.69) is 9.47 Å². The summed E-state index contributed by atoms with van der Waals surface area (Å²) in [5.74, 6) is -1.82. The lowest BCUT2D eigenvalue weighted by molar-refractivity contribution is -0.158. The number of ether oxygens (including phenoxy) is 2. The van der Waals surface area contributed by atoms with Crippen molar-refractivity contribution in [3.05, 3.63) is 12.2 Å². The smallest absolute Gasteiger partial charge is 0.317 e. The molecule has 2 aliphatic heterocycles. The molecule has 3 aliphatic rings. The molecule has 0 saturated carbocycles. The van der Waals surface area contributed by atoms with E-state index in [9.17, 15) is 19.2 Å². The van der Waals surface area contributed by atoms with E-state index in [-0.39, 0.29) is 35.7 Å². The summed E-state index contributed by atoms with van der Waals surface area (Å²) in [7, 11) is 0. The van der Waals surface area contributed by atoms with Gasteiger partial charge in [-0.15, -0.1) is 0 Å². The minimum atomic E-state index is -0.377. The van der Waals surface area contributed by atoms with Crippen LogP contribution in [0.1, 0.15) is 38.5 Å². The third-order valence-electron chi connectivity index (χ3n) is 3.48. The predicted octanol–water partition coefficient (Wildman–Crippen LogP) is 1.28. The van der Waals surface area contributed by atoms with Crippen molar-refractivity contribution in [1.82, 2.24) is 0 Å². The Morgan fingerprint density at radius 1 is 0.750 bits per heavy atom. The first kappa shape index (κ1) is 14.4. The van der Waals surface area contributed by atoms with Crippen molar-refractivity contribution in [1.29, 1.82) is 0 Å². The van der Waals surface area contributed by atoms with Gasteiger partial charge in [-0.1, -0.05) is 12.2 Å². The number of hydrogen-bond donors (Lipinski definition) is 0. The van der Waals surface area contributed by atoms with Gasteiger partial charge in [-0.3, -0.25) is 19.2 Å². The Labute approximate surface area is 116 Å². The molecule has 2 fully saturated rings. The summed E-state index contributed by atoms with van der Waals surface area (Å²) in [4.78, 5) is 42.8. The molecular formula is C14H16O6. The molecule has 2 atom stereocenters. The highest BCUT2D eigenvalue weighted by Crippen LogP contribution is 2.32. The fraction of sp³-hybridized carbons (Fsp3) is 0.571. The molecule has 2 heterocycles. The van der Waals surface area contributed by atoms with Gasteiger partial charge in [-0.25, -0.2) is 0 Å². The molecule has 0 aromatic rings. The molecule has 20 heavy (non-hydrogen) atoms. The zero-order valence-electron chi connectivity index (χ0n) is 11.0. The Morgan fingerprint density at radius 3 is 1.65 bits per heavy atom. The standard InChI is InChI=1S/C8H8O3.C6H8O3/c9-7-5-3-1-2-4-6(5)8(10)11-7;7-5-3-1-2-4-6(8)9-5/h1-2,5-6H,3-4H2;1-4H2. The second-order valence-electron chi connectivity index (χ2n) is 4.95. The van der Waals surface area contributed by atoms with E-state index in [1.165, 1.54) is 0 Å². The Bertz CT molecular complexity index is 424. The highest BCUT2D eigenvalue weighted by Gasteiger charge is 2.43. The minimum Gasteiger partial charge on any atom is -0.393 e. The number of hydrogen-bond acceptors (Lipinski definition) is 6. The van der Waals surface area contributed by atoms with Crippen LogP contribution in [0.5, 0.6) is 0 Å². The van der Waals surface area contributed by atoms with Gasteiger partial charge >= 0.3 is 23.9 Å². The van der Waals surface area contributed by atoms with Gasteiger partial charge in [0.05, 0.1) is 11.8 Å². The summed E-state index contributed by atoms with van der Waals surface area (Å²) in [6.07, 6.45) is 7.54. The lowest BCUT2D eigenvalue weighted by atomic mass is 9.85. The van der Waals surface area contributed by atoms with E-state index in [0.717, 1.165) is 12.8 Å². The van der Waals surface area contributed by atoms with Crippen molar-refractivity contribution in [2.75, 3.05) is 0 Å². The highest BCUT2D eigenvalue weighted by molar-refractivity contribution is 5.96. The average Bonchev–Trinajstić information content (AvgIpc) is 2.58. The minimum absolute atomic E-state index is 0.188. The lowest BCUT2D eigenvalue weighted by Gasteiger charge is -2.12. The maximum absolute atomic E-state index is 10.9. The van der Waals surface area contributed by atoms with Gasteiger partial charge in [0, 0.05) is 12.8 Å². The molecule has 2 saturated heterocycles. The van der Waals surface area contributed by atoms with Crippen molar-refractivity contribution < 1.29 is 28.7 Å². The molecule has 2 unspecified atom stereocenters. The zero-order valence-corrected chi connectivity index (χ0v) is 11.0. The van der Waals surface area contributed by atoms with Gasteiger partial charge in [-0.05, 0) is 25.7 Å². The van der Waals surface area contributed by atoms with Gasteiger partial charge in [0.2, 0.25) is 0 Å². The first-order valence-corrected chi connectivity index (χ1v) is 6.72. The molecule has 0 radical (unpaired) electrons. The molecule has 108 valence electrons. The van der Waals surface area contributed by atoms with E-state index < -0.39 is 0 Å². The summed E-state index contributed by atoms with van der Waals surface area (Å²) < 4.78 is 8.82. The second kappa shape index (κ2) is 6.45. The quantitative estimate of drug-likeness (QED) is 0.377. The van der Waals surface area contributed by atoms with Crippen molar-refractivity contribution in [2.24, 2.45) is 11.8 Å². The number of allylic oxidation sites excluding steroid dienone is 2. The molecule has 0 bridgehead atoms. The number of rotatable bonds is 0. The van der Waals surface area contributed by atoms with E-state index in [0.29, 0.717) is 25.7 Å². The maximum atomic E-state index is 10.9. The third-order valence-corrected chi connectivity index (χ3v) is 3.48. The first-order chi connectivity index (χ1) is 9.58. The van der Waals surface area contributed by atoms with Crippen LogP contribution in [0.4, 0.5) is 0 Å². The zero-order chi connectivity index (χ0) is 14.5. The molecule has 0 spiro atoms. The number of esters is 4. The lowest BCUT2D eigenvalue weighted by Crippen LogP contribution is -2.18. The van der Waals surface area contributed by atoms with Crippen LogP contribution in [-0.2, 0) is 28.7 Å². The summed E-state index contributed by atoms with van der Waals surface area (Å²) in [5, 5.41) is 0. The monoisotopic (exact) mass is 280 g/mol. The van der Waals surface area contributed by atoms with Crippen LogP contribution in [-0.4, -0.2) is 23.9 Å². The largest absolute Gasteiger partial charge is 0.393 e. The van der Waals surface area contributed by atoms with Gasteiger partial charge in [0.15, 0.2) is 0 Å². The normalized spacial score (nSPS) is 28.8. The summed E-state index contributed by atoms with van der Waals surface area (Å²) in [6.45, 7) is 0. The topological polar surface area (TPSA) is 86.7 Å². The summed E-state index contributed by atoms with van der Waals surface area (Å²) >= 11 is 0. The fourth-order valence-electron chi connectivity index (χ4n) is 2.35. The van der Waals surface area contributed by atoms with Crippen LogP contribution in [0.25, 0.3) is 0 Å². The second-order valence-corrected chi connectivity index (χ2v) is 4.95. The van der Waals surface area contributed by atoms with Crippen LogP contribution in [0.3, 0.4) is 0 Å². The van der Waals surface area contributed by atoms with Gasteiger partial charge in [0.1, 0.15) is 0 Å². The van der Waals surface area contributed by atoms with Crippen molar-refractivity contribution in [3.8, 4) is 0 Å². The van der Waals surface area contributed by atoms with Crippen LogP contribution in [0.2, 0.25) is 0 Å². The van der Waals surface area contributed by atoms with E-state index in [1.807, 2.05) is 12.2 Å². The molecular weight excluding hydrogens is 264 g/mol. The predicted molar refractivity (Wildman–Crippen MR) is 66.0 cm³/mol. The number of fused-ring (bicyclic) bond motifs is 1. The van der Waals surface area contributed by atoms with Crippen molar-refractivity contribution in [2.45, 2.75) is 38.5 Å². The summed E-state index contributed by atoms with van der Waals surface area (Å²) in [5.41, 5.74) is 0. The average molecular weight is 280 g/mol. The Kier molecular flexibility index (Phi) is 4.65. The molecule has 6 heteroatoms. The van der Waals surface area contributed by atoms with E-state index in [4.69, 9.17) is 0 Å². The van der Waals surface area contributed by atoms with Crippen LogP contribution in [0.15, 0.2) is 12.2 Å². The Balaban J connectivity index is 0.000000151. The van der Waals surface area contributed by atoms with Crippen molar-refractivity contribution in [3.63, 3.8) is 0 Å². The molecule has 0 amide bonds. The van der Waals surface area contributed by atoms with E-state index >= 15 is 0 Å². The van der Waals surface area contributed by atoms with Crippen molar-refractivity contribution >= 4 is 23.9 Å². The molecule has 1 aliphatic carbocycles. The molecule has 3 rings (SSSR count). The molecule has 0 N–H and O–H groups in total. The highest BCUT2D eigenvalue weighted by atomic mass is 16.6.